The van der Waals surface area contributed by atoms with Crippen LogP contribution in [0.3, 0.4) is 0 Å². The fraction of sp³-hybridized carbons (Fsp3) is 0.778. The van der Waals surface area contributed by atoms with Crippen LogP contribution in [0, 0.1) is 5.92 Å². The van der Waals surface area contributed by atoms with E-state index in [1.807, 2.05) is 0 Å². The lowest BCUT2D eigenvalue weighted by Crippen LogP contribution is -2.29. The van der Waals surface area contributed by atoms with Crippen molar-refractivity contribution in [2.75, 3.05) is 0 Å². The van der Waals surface area contributed by atoms with Gasteiger partial charge in [-0.05, 0) is 5.92 Å². The van der Waals surface area contributed by atoms with Gasteiger partial charge in [0, 0.05) is 6.54 Å². The van der Waals surface area contributed by atoms with E-state index < -0.39 is 24.8 Å². The predicted molar refractivity (Wildman–Crippen MR) is 50.7 cm³/mol. The molecule has 0 spiro atoms. The Labute approximate surface area is 95.3 Å². The molecule has 1 aromatic rings. The van der Waals surface area contributed by atoms with Gasteiger partial charge in [0.1, 0.15) is 6.61 Å². The van der Waals surface area contributed by atoms with Gasteiger partial charge in [0.05, 0.1) is 0 Å². The molecule has 0 aliphatic heterocycles. The molecule has 98 valence electrons. The molecule has 0 saturated carbocycles. The zero-order chi connectivity index (χ0) is 13.2. The van der Waals surface area contributed by atoms with Crippen molar-refractivity contribution in [1.29, 1.82) is 0 Å². The van der Waals surface area contributed by atoms with Gasteiger partial charge in [-0.1, -0.05) is 13.8 Å². The average molecular weight is 255 g/mol. The number of halogens is 4. The molecular formula is C9H13F4N3O. The minimum absolute atomic E-state index is 0.0422. The maximum absolute atomic E-state index is 13.2. The summed E-state index contributed by atoms with van der Waals surface area (Å²) in [6.45, 7) is 2.87. The average Bonchev–Trinajstić information content (AvgIpc) is 2.60. The fourth-order valence-electron chi connectivity index (χ4n) is 1.35. The van der Waals surface area contributed by atoms with Gasteiger partial charge < -0.3 is 9.67 Å². The van der Waals surface area contributed by atoms with Gasteiger partial charge in [-0.3, -0.25) is 0 Å². The third-order valence-electron chi connectivity index (χ3n) is 2.09. The van der Waals surface area contributed by atoms with Crippen molar-refractivity contribution in [1.82, 2.24) is 14.8 Å². The molecule has 0 bridgehead atoms. The van der Waals surface area contributed by atoms with Crippen molar-refractivity contribution in [3.63, 3.8) is 0 Å². The maximum Gasteiger partial charge on any atom is 0.365 e. The second-order valence-corrected chi connectivity index (χ2v) is 4.03. The van der Waals surface area contributed by atoms with E-state index >= 15 is 0 Å². The van der Waals surface area contributed by atoms with Gasteiger partial charge in [-0.15, -0.1) is 10.2 Å². The molecule has 1 N–H and O–H groups in total. The highest BCUT2D eigenvalue weighted by molar-refractivity contribution is 5.03. The minimum atomic E-state index is -4.37. The van der Waals surface area contributed by atoms with Crippen LogP contribution in [0.1, 0.15) is 25.5 Å². The monoisotopic (exact) mass is 255 g/mol. The molecular weight excluding hydrogens is 242 g/mol. The number of nitrogens with zero attached hydrogens (tertiary/aromatic N) is 3. The summed E-state index contributed by atoms with van der Waals surface area (Å²) in [6.07, 6.45) is -3.86. The van der Waals surface area contributed by atoms with Gasteiger partial charge in [-0.25, -0.2) is 8.78 Å². The quantitative estimate of drug-likeness (QED) is 0.816. The van der Waals surface area contributed by atoms with Crippen LogP contribution in [0.25, 0.3) is 0 Å². The number of hydrogen-bond donors (Lipinski definition) is 1. The van der Waals surface area contributed by atoms with Crippen molar-refractivity contribution in [3.05, 3.63) is 11.6 Å². The van der Waals surface area contributed by atoms with Crippen LogP contribution in [0.15, 0.2) is 0 Å². The number of rotatable bonds is 5. The van der Waals surface area contributed by atoms with Gasteiger partial charge in [0.15, 0.2) is 5.82 Å². The van der Waals surface area contributed by atoms with Crippen molar-refractivity contribution >= 4 is 0 Å². The topological polar surface area (TPSA) is 50.9 Å². The molecule has 0 atom stereocenters. The standard InChI is InChI=1S/C9H13F4N3O/c1-5(2)3-16-6(4-17)14-15-8(16)9(12,13)7(10)11/h5,7,17H,3-4H2,1-2H3. The molecule has 8 heteroatoms. The molecule has 0 aromatic carbocycles. The van der Waals surface area contributed by atoms with E-state index in [0.29, 0.717) is 0 Å². The molecule has 17 heavy (non-hydrogen) atoms. The van der Waals surface area contributed by atoms with E-state index in [1.54, 1.807) is 13.8 Å². The summed E-state index contributed by atoms with van der Waals surface area (Å²) in [5.74, 6) is -5.68. The van der Waals surface area contributed by atoms with Gasteiger partial charge >= 0.3 is 12.3 Å². The van der Waals surface area contributed by atoms with E-state index in [-0.39, 0.29) is 18.3 Å². The Balaban J connectivity index is 3.20. The SMILES string of the molecule is CC(C)Cn1c(CO)nnc1C(F)(F)C(F)F. The van der Waals surface area contributed by atoms with Crippen LogP contribution in [0.2, 0.25) is 0 Å². The predicted octanol–water partition coefficient (Wildman–Crippen LogP) is 1.78. The summed E-state index contributed by atoms with van der Waals surface area (Å²) >= 11 is 0. The summed E-state index contributed by atoms with van der Waals surface area (Å²) in [4.78, 5) is 0. The third-order valence-corrected chi connectivity index (χ3v) is 2.09. The third kappa shape index (κ3) is 2.74. The normalized spacial score (nSPS) is 12.8. The van der Waals surface area contributed by atoms with Crippen molar-refractivity contribution in [2.24, 2.45) is 5.92 Å². The molecule has 0 saturated heterocycles. The molecule has 0 aliphatic rings. The second-order valence-electron chi connectivity index (χ2n) is 4.03. The van der Waals surface area contributed by atoms with Gasteiger partial charge in [-0.2, -0.15) is 8.78 Å². The summed E-state index contributed by atoms with van der Waals surface area (Å²) in [7, 11) is 0. The highest BCUT2D eigenvalue weighted by Gasteiger charge is 2.48. The minimum Gasteiger partial charge on any atom is -0.388 e. The lowest BCUT2D eigenvalue weighted by molar-refractivity contribution is -0.143. The highest BCUT2D eigenvalue weighted by Crippen LogP contribution is 2.33. The number of aliphatic hydroxyl groups excluding tert-OH is 1. The van der Waals surface area contributed by atoms with Gasteiger partial charge in [0.25, 0.3) is 0 Å². The fourth-order valence-corrected chi connectivity index (χ4v) is 1.35. The Morgan fingerprint density at radius 1 is 1.29 bits per heavy atom. The van der Waals surface area contributed by atoms with Crippen LogP contribution < -0.4 is 0 Å². The molecule has 1 rings (SSSR count). The first-order valence-electron chi connectivity index (χ1n) is 5.00. The Kier molecular flexibility index (Phi) is 4.07. The number of aromatic nitrogens is 3. The Morgan fingerprint density at radius 2 is 1.88 bits per heavy atom. The van der Waals surface area contributed by atoms with Crippen LogP contribution in [-0.4, -0.2) is 26.3 Å². The lowest BCUT2D eigenvalue weighted by Gasteiger charge is -2.17. The summed E-state index contributed by atoms with van der Waals surface area (Å²) in [6, 6.07) is 0. The molecule has 1 aromatic heterocycles. The van der Waals surface area contributed by atoms with Crippen LogP contribution in [0.4, 0.5) is 17.6 Å². The first kappa shape index (κ1) is 13.9. The number of hydrogen-bond acceptors (Lipinski definition) is 3. The van der Waals surface area contributed by atoms with E-state index in [0.717, 1.165) is 4.57 Å². The second kappa shape index (κ2) is 4.99. The summed E-state index contributed by atoms with van der Waals surface area (Å²) in [5, 5.41) is 15.2. The van der Waals surface area contributed by atoms with E-state index in [4.69, 9.17) is 5.11 Å². The molecule has 0 fully saturated rings. The zero-order valence-electron chi connectivity index (χ0n) is 9.37. The maximum atomic E-state index is 13.2. The smallest absolute Gasteiger partial charge is 0.365 e. The lowest BCUT2D eigenvalue weighted by atomic mass is 10.2. The molecule has 4 nitrogen and oxygen atoms in total. The van der Waals surface area contributed by atoms with Crippen LogP contribution in [-0.2, 0) is 19.1 Å². The Bertz CT molecular complexity index is 378. The van der Waals surface area contributed by atoms with Crippen molar-refractivity contribution < 1.29 is 22.7 Å². The highest BCUT2D eigenvalue weighted by atomic mass is 19.3. The van der Waals surface area contributed by atoms with Gasteiger partial charge in [0.2, 0.25) is 5.82 Å². The molecule has 0 radical (unpaired) electrons. The Morgan fingerprint density at radius 3 is 2.29 bits per heavy atom. The first-order chi connectivity index (χ1) is 7.80. The number of aliphatic hydroxyl groups is 1. The van der Waals surface area contributed by atoms with Crippen LogP contribution >= 0.6 is 0 Å². The van der Waals surface area contributed by atoms with E-state index in [1.165, 1.54) is 0 Å². The van der Waals surface area contributed by atoms with E-state index in [2.05, 4.69) is 10.2 Å². The molecule has 1 heterocycles. The number of alkyl halides is 4. The van der Waals surface area contributed by atoms with Crippen LogP contribution in [0.5, 0.6) is 0 Å². The first-order valence-corrected chi connectivity index (χ1v) is 5.00. The zero-order valence-corrected chi connectivity index (χ0v) is 9.37. The summed E-state index contributed by atoms with van der Waals surface area (Å²) < 4.78 is 51.7. The summed E-state index contributed by atoms with van der Waals surface area (Å²) in [5.41, 5.74) is 0. The molecule has 0 aliphatic carbocycles. The van der Waals surface area contributed by atoms with Crippen molar-refractivity contribution in [2.45, 2.75) is 39.3 Å². The van der Waals surface area contributed by atoms with E-state index in [9.17, 15) is 17.6 Å². The largest absolute Gasteiger partial charge is 0.388 e. The Hall–Kier alpha value is -1.18. The van der Waals surface area contributed by atoms with Crippen molar-refractivity contribution in [3.8, 4) is 0 Å². The molecule has 0 amide bonds. The molecule has 0 unspecified atom stereocenters.